The van der Waals surface area contributed by atoms with Gasteiger partial charge in [-0.2, -0.15) is 0 Å². The van der Waals surface area contributed by atoms with Crippen LogP contribution in [0.15, 0.2) is 109 Å². The number of phenolic OH excluding ortho intramolecular Hbond substituents is 2. The molecule has 1 aliphatic heterocycles. The number of nitrogens with one attached hydrogen (secondary N) is 9. The molecule has 0 aliphatic carbocycles. The number of carbonyl (C=O) groups is 12. The van der Waals surface area contributed by atoms with Crippen LogP contribution in [0.5, 0.6) is 11.5 Å². The summed E-state index contributed by atoms with van der Waals surface area (Å²) >= 11 is 0. The Bertz CT molecular complexity index is 3450. The molecule has 18 N–H and O–H groups in total. The maximum atomic E-state index is 15.2. The number of aromatic amines is 1. The standard InChI is InChI=1S/C63H78N12O17/c1-33(2)24-49(63(91)92)73-59(87)47(30-53(80)81)71-57(85)43(25-35-10-5-4-6-11-35)67-55(83)44(26-36-15-19-39(77)20-16-36)68-58(86)46(28-38-31-66-42-13-8-7-12-41(38)42)70-56(84)45(27-37-17-21-40(78)22-18-37)69-60(88)50(32-76)74-61(89)51-14-9-23-75(51)62(90)48(29-52(65)79)72-54(82)34(3)64/h4-8,10-13,15-22,31,33-34,43-51,66,76-78H,9,14,23-30,32,64H2,1-3H3,(H2,65,79)(H,67,83)(H,68,86)(H,69,88)(H,70,84)(H,71,85)(H,72,82)(H,73,87)(H,74,89)(H,80,81)(H,91,92)/t34-,43-,44-,45-,46-,47-,48-,49-,50-,51-/m0/s1. The Morgan fingerprint density at radius 1 is 0.533 bits per heavy atom. The number of aliphatic hydroxyl groups excluding tert-OH is 1. The van der Waals surface area contributed by atoms with Crippen LogP contribution < -0.4 is 54.0 Å². The second kappa shape index (κ2) is 33.4. The summed E-state index contributed by atoms with van der Waals surface area (Å²) in [5.74, 6) is -13.3. The van der Waals surface area contributed by atoms with E-state index in [1.54, 1.807) is 74.6 Å². The number of nitrogens with two attached hydrogens (primary N) is 2. The molecule has 1 aliphatic rings. The van der Waals surface area contributed by atoms with Crippen molar-refractivity contribution in [3.8, 4) is 11.5 Å². The van der Waals surface area contributed by atoms with Crippen LogP contribution in [0, 0.1) is 5.92 Å². The van der Waals surface area contributed by atoms with Gasteiger partial charge in [-0.05, 0) is 84.7 Å². The van der Waals surface area contributed by atoms with Crippen molar-refractivity contribution in [3.05, 3.63) is 132 Å². The lowest BCUT2D eigenvalue weighted by Gasteiger charge is -2.30. The van der Waals surface area contributed by atoms with Crippen molar-refractivity contribution in [3.63, 3.8) is 0 Å². The van der Waals surface area contributed by atoms with Crippen LogP contribution in [0.1, 0.15) is 75.1 Å². The highest BCUT2D eigenvalue weighted by atomic mass is 16.4. The van der Waals surface area contributed by atoms with Gasteiger partial charge in [0, 0.05) is 49.3 Å². The van der Waals surface area contributed by atoms with Crippen molar-refractivity contribution in [2.45, 2.75) is 139 Å². The molecule has 1 saturated heterocycles. The number of hydrogen-bond donors (Lipinski definition) is 16. The minimum absolute atomic E-state index is 0.0116. The first-order valence-electron chi connectivity index (χ1n) is 29.7. The number of aliphatic hydroxyl groups is 1. The Kier molecular flexibility index (Phi) is 25.7. The number of para-hydroxylation sites is 1. The number of hydrogen-bond acceptors (Lipinski definition) is 16. The van der Waals surface area contributed by atoms with E-state index in [-0.39, 0.29) is 68.9 Å². The number of primary amides is 1. The number of fused-ring (bicyclic) bond motifs is 1. The number of rotatable bonds is 33. The third-order valence-corrected chi connectivity index (χ3v) is 15.1. The van der Waals surface area contributed by atoms with Crippen molar-refractivity contribution >= 4 is 81.9 Å². The van der Waals surface area contributed by atoms with E-state index < -0.39 is 151 Å². The molecular formula is C63H78N12O17. The van der Waals surface area contributed by atoms with Crippen LogP contribution in [0.2, 0.25) is 0 Å². The fourth-order valence-electron chi connectivity index (χ4n) is 10.3. The zero-order valence-corrected chi connectivity index (χ0v) is 50.8. The van der Waals surface area contributed by atoms with E-state index in [2.05, 4.69) is 47.5 Å². The van der Waals surface area contributed by atoms with E-state index in [1.165, 1.54) is 55.5 Å². The fraction of sp³-hybridized carbons (Fsp3) is 0.397. The van der Waals surface area contributed by atoms with Crippen molar-refractivity contribution in [2.24, 2.45) is 17.4 Å². The van der Waals surface area contributed by atoms with Crippen molar-refractivity contribution in [2.75, 3.05) is 13.2 Å². The van der Waals surface area contributed by atoms with Crippen molar-refractivity contribution < 1.29 is 83.1 Å². The quantitative estimate of drug-likeness (QED) is 0.0228. The molecule has 1 fully saturated rings. The molecule has 10 amide bonds. The molecule has 0 unspecified atom stereocenters. The number of carboxylic acids is 2. The number of H-pyrrole nitrogens is 1. The molecule has 92 heavy (non-hydrogen) atoms. The Hall–Kier alpha value is -10.4. The molecule has 29 heteroatoms. The molecule has 0 radical (unpaired) electrons. The lowest BCUT2D eigenvalue weighted by molar-refractivity contribution is -0.144. The Morgan fingerprint density at radius 3 is 1.46 bits per heavy atom. The van der Waals surface area contributed by atoms with Crippen LogP contribution in [-0.2, 0) is 83.2 Å². The van der Waals surface area contributed by atoms with E-state index in [9.17, 15) is 78.3 Å². The van der Waals surface area contributed by atoms with E-state index in [0.29, 0.717) is 33.2 Å². The van der Waals surface area contributed by atoms with E-state index in [4.69, 9.17) is 11.5 Å². The number of benzene rings is 4. The van der Waals surface area contributed by atoms with Crippen LogP contribution >= 0.6 is 0 Å². The monoisotopic (exact) mass is 1270 g/mol. The summed E-state index contributed by atoms with van der Waals surface area (Å²) in [6.07, 6.45) is -0.981. The van der Waals surface area contributed by atoms with Gasteiger partial charge in [0.25, 0.3) is 0 Å². The van der Waals surface area contributed by atoms with Gasteiger partial charge in [-0.15, -0.1) is 0 Å². The lowest BCUT2D eigenvalue weighted by Crippen LogP contribution is -2.61. The molecule has 6 rings (SSSR count). The number of likely N-dealkylation sites (tertiary alicyclic amines) is 1. The molecule has 0 spiro atoms. The van der Waals surface area contributed by atoms with Crippen LogP contribution in [0.3, 0.4) is 0 Å². The van der Waals surface area contributed by atoms with Gasteiger partial charge in [-0.3, -0.25) is 52.7 Å². The van der Waals surface area contributed by atoms with E-state index in [1.807, 2.05) is 0 Å². The minimum atomic E-state index is -1.85. The third kappa shape index (κ3) is 20.8. The molecule has 5 aromatic rings. The van der Waals surface area contributed by atoms with Crippen LogP contribution in [-0.4, -0.2) is 180 Å². The number of phenols is 2. The Balaban J connectivity index is 1.32. The average Bonchev–Trinajstić information content (AvgIpc) is 1.72. The summed E-state index contributed by atoms with van der Waals surface area (Å²) < 4.78 is 0. The molecule has 29 nitrogen and oxygen atoms in total. The molecule has 492 valence electrons. The highest BCUT2D eigenvalue weighted by molar-refractivity contribution is 6.00. The van der Waals surface area contributed by atoms with Gasteiger partial charge in [-0.1, -0.05) is 86.6 Å². The predicted octanol–water partition coefficient (Wildman–Crippen LogP) is -1.46. The largest absolute Gasteiger partial charge is 0.508 e. The number of aliphatic carboxylic acids is 2. The normalized spacial score (nSPS) is 15.8. The van der Waals surface area contributed by atoms with Gasteiger partial charge in [0.15, 0.2) is 0 Å². The van der Waals surface area contributed by atoms with Crippen LogP contribution in [0.4, 0.5) is 0 Å². The molecule has 10 atom stereocenters. The SMILES string of the molecule is CC(C)C[C@H](NC(=O)[C@H](CC(=O)O)NC(=O)[C@H](Cc1ccccc1)NC(=O)[C@H](Cc1ccc(O)cc1)NC(=O)[C@H](Cc1c[nH]c2ccccc12)NC(=O)[C@H](Cc1ccc(O)cc1)NC(=O)[C@H](CO)NC(=O)[C@@H]1CCCN1C(=O)[C@H](CC(N)=O)NC(=O)[C@H](C)N)C(=O)O. The van der Waals surface area contributed by atoms with Crippen molar-refractivity contribution in [1.29, 1.82) is 0 Å². The highest BCUT2D eigenvalue weighted by Gasteiger charge is 2.41. The van der Waals surface area contributed by atoms with Gasteiger partial charge < -0.3 is 89.4 Å². The van der Waals surface area contributed by atoms with Gasteiger partial charge in [-0.25, -0.2) is 4.79 Å². The van der Waals surface area contributed by atoms with Crippen LogP contribution in [0.25, 0.3) is 10.9 Å². The number of amides is 10. The smallest absolute Gasteiger partial charge is 0.326 e. The molecule has 0 saturated carbocycles. The first-order chi connectivity index (χ1) is 43.7. The Morgan fingerprint density at radius 2 is 0.978 bits per heavy atom. The minimum Gasteiger partial charge on any atom is -0.508 e. The zero-order chi connectivity index (χ0) is 67.3. The molecule has 4 aromatic carbocycles. The summed E-state index contributed by atoms with van der Waals surface area (Å²) in [5, 5.41) is 71.3. The summed E-state index contributed by atoms with van der Waals surface area (Å²) in [5.41, 5.74) is 13.4. The molecular weight excluding hydrogens is 1200 g/mol. The number of aromatic nitrogens is 1. The number of carboxylic acid groups (broad SMARTS) is 2. The number of aromatic hydroxyl groups is 2. The van der Waals surface area contributed by atoms with Gasteiger partial charge in [0.2, 0.25) is 59.1 Å². The maximum absolute atomic E-state index is 15.2. The summed E-state index contributed by atoms with van der Waals surface area (Å²) in [6, 6.07) is 10.8. The first-order valence-corrected chi connectivity index (χ1v) is 29.7. The molecule has 2 heterocycles. The second-order valence-electron chi connectivity index (χ2n) is 22.9. The fourth-order valence-corrected chi connectivity index (χ4v) is 10.3. The summed E-state index contributed by atoms with van der Waals surface area (Å²) in [4.78, 5) is 168. The zero-order valence-electron chi connectivity index (χ0n) is 50.8. The topological polar surface area (TPSA) is 473 Å². The number of nitrogens with zero attached hydrogens (tertiary/aromatic N) is 1. The number of carbonyl (C=O) groups excluding carboxylic acids is 10. The molecule has 1 aromatic heterocycles. The lowest BCUT2D eigenvalue weighted by atomic mass is 9.99. The average molecular weight is 1280 g/mol. The second-order valence-corrected chi connectivity index (χ2v) is 22.9. The van der Waals surface area contributed by atoms with Crippen molar-refractivity contribution in [1.82, 2.24) is 52.4 Å². The van der Waals surface area contributed by atoms with Gasteiger partial charge >= 0.3 is 11.9 Å². The summed E-state index contributed by atoms with van der Waals surface area (Å²) in [7, 11) is 0. The predicted molar refractivity (Wildman–Crippen MR) is 330 cm³/mol. The highest BCUT2D eigenvalue weighted by Crippen LogP contribution is 2.23. The van der Waals surface area contributed by atoms with Gasteiger partial charge in [0.05, 0.1) is 25.5 Å². The maximum Gasteiger partial charge on any atom is 0.326 e. The first kappa shape index (κ1) is 70.7. The third-order valence-electron chi connectivity index (χ3n) is 15.1. The van der Waals surface area contributed by atoms with Gasteiger partial charge in [0.1, 0.15) is 65.9 Å². The Labute approximate surface area is 528 Å². The van der Waals surface area contributed by atoms with E-state index in [0.717, 1.165) is 4.90 Å². The summed E-state index contributed by atoms with van der Waals surface area (Å²) in [6.45, 7) is 3.70. The molecule has 0 bridgehead atoms. The van der Waals surface area contributed by atoms with E-state index >= 15 is 4.79 Å².